The molecule has 1 atom stereocenters. The van der Waals surface area contributed by atoms with Crippen molar-refractivity contribution in [1.82, 2.24) is 9.88 Å². The van der Waals surface area contributed by atoms with Crippen LogP contribution in [0.2, 0.25) is 0 Å². The van der Waals surface area contributed by atoms with Crippen molar-refractivity contribution in [2.24, 2.45) is 5.73 Å². The van der Waals surface area contributed by atoms with Crippen LogP contribution in [-0.4, -0.2) is 55.7 Å². The molecule has 37 heavy (non-hydrogen) atoms. The van der Waals surface area contributed by atoms with Crippen molar-refractivity contribution in [3.8, 4) is 22.8 Å². The number of halogens is 4. The van der Waals surface area contributed by atoms with Crippen LogP contribution < -0.4 is 15.4 Å². The van der Waals surface area contributed by atoms with E-state index in [4.69, 9.17) is 15.2 Å². The van der Waals surface area contributed by atoms with E-state index in [0.717, 1.165) is 28.3 Å². The molecule has 0 spiro atoms. The Kier molecular flexibility index (Phi) is 10.6. The highest BCUT2D eigenvalue weighted by Gasteiger charge is 2.35. The number of methoxy groups -OCH3 is 1. The van der Waals surface area contributed by atoms with Gasteiger partial charge in [0.25, 0.3) is 5.88 Å². The first-order chi connectivity index (χ1) is 16.8. The number of pyridine rings is 1. The van der Waals surface area contributed by atoms with Gasteiger partial charge in [-0.1, -0.05) is 24.3 Å². The maximum absolute atomic E-state index is 14.8. The molecule has 2 heterocycles. The summed E-state index contributed by atoms with van der Waals surface area (Å²) in [7, 11) is 3.13. The second-order valence-corrected chi connectivity index (χ2v) is 8.62. The van der Waals surface area contributed by atoms with E-state index in [1.807, 2.05) is 49.2 Å². The molecule has 1 aliphatic heterocycles. The van der Waals surface area contributed by atoms with Gasteiger partial charge in [-0.3, -0.25) is 0 Å². The zero-order valence-electron chi connectivity index (χ0n) is 20.7. The highest BCUT2D eigenvalue weighted by molar-refractivity contribution is 5.85. The Bertz CT molecular complexity index is 1250. The van der Waals surface area contributed by atoms with Gasteiger partial charge in [0, 0.05) is 32.2 Å². The predicted octanol–water partition coefficient (Wildman–Crippen LogP) is 4.72. The molecule has 200 valence electrons. The average Bonchev–Trinajstić information content (AvgIpc) is 2.85. The van der Waals surface area contributed by atoms with Gasteiger partial charge in [-0.2, -0.15) is 4.98 Å². The Morgan fingerprint density at radius 1 is 1.08 bits per heavy atom. The molecule has 1 unspecified atom stereocenters. The minimum Gasteiger partial charge on any atom is -0.467 e. The van der Waals surface area contributed by atoms with Crippen molar-refractivity contribution < 1.29 is 23.0 Å². The Balaban J connectivity index is 0.00000241. The van der Waals surface area contributed by atoms with E-state index >= 15 is 0 Å². The number of carbonyl (C=O) groups excluding carboxylic acids is 1. The van der Waals surface area contributed by atoms with E-state index < -0.39 is 23.6 Å². The minimum atomic E-state index is -0.941. The van der Waals surface area contributed by atoms with Crippen molar-refractivity contribution in [2.45, 2.75) is 19.5 Å². The minimum absolute atomic E-state index is 0. The van der Waals surface area contributed by atoms with Crippen molar-refractivity contribution >= 4 is 36.6 Å². The van der Waals surface area contributed by atoms with Gasteiger partial charge in [0.05, 0.1) is 7.11 Å². The number of aromatic nitrogens is 1. The second-order valence-electron chi connectivity index (χ2n) is 8.62. The molecule has 1 aromatic heterocycles. The highest BCUT2D eigenvalue weighted by Crippen LogP contribution is 2.33. The summed E-state index contributed by atoms with van der Waals surface area (Å²) >= 11 is 0. The first kappa shape index (κ1) is 30.2. The molecule has 0 bridgehead atoms. The van der Waals surface area contributed by atoms with Gasteiger partial charge in [-0.15, -0.1) is 24.8 Å². The third-order valence-electron chi connectivity index (χ3n) is 5.97. The molecule has 0 amide bonds. The van der Waals surface area contributed by atoms with Gasteiger partial charge in [0.2, 0.25) is 0 Å². The van der Waals surface area contributed by atoms with Crippen LogP contribution in [0.1, 0.15) is 11.1 Å². The maximum atomic E-state index is 14.8. The lowest BCUT2D eigenvalue weighted by molar-refractivity contribution is -0.143. The monoisotopic (exact) mass is 554 g/mol. The van der Waals surface area contributed by atoms with Crippen LogP contribution in [0, 0.1) is 18.6 Å². The molecule has 2 aromatic carbocycles. The third kappa shape index (κ3) is 6.87. The van der Waals surface area contributed by atoms with Crippen molar-refractivity contribution in [3.05, 3.63) is 71.3 Å². The fourth-order valence-corrected chi connectivity index (χ4v) is 4.19. The van der Waals surface area contributed by atoms with Crippen molar-refractivity contribution in [2.75, 3.05) is 38.7 Å². The molecule has 0 saturated carbocycles. The number of benzene rings is 2. The predicted molar refractivity (Wildman–Crippen MR) is 144 cm³/mol. The van der Waals surface area contributed by atoms with E-state index in [0.29, 0.717) is 31.9 Å². The lowest BCUT2D eigenvalue weighted by Crippen LogP contribution is -2.56. The fourth-order valence-electron chi connectivity index (χ4n) is 4.19. The number of esters is 1. The number of piperazine rings is 1. The van der Waals surface area contributed by atoms with Crippen molar-refractivity contribution in [1.29, 1.82) is 0 Å². The van der Waals surface area contributed by atoms with Gasteiger partial charge >= 0.3 is 5.97 Å². The molecule has 3 aromatic rings. The summed E-state index contributed by atoms with van der Waals surface area (Å²) in [6.45, 7) is 3.52. The number of aryl methyl sites for hydroxylation is 1. The van der Waals surface area contributed by atoms with E-state index in [9.17, 15) is 13.6 Å². The Labute approximate surface area is 227 Å². The van der Waals surface area contributed by atoms with Crippen LogP contribution in [0.15, 0.2) is 48.5 Å². The zero-order chi connectivity index (χ0) is 25.1. The Hall–Kier alpha value is -2.98. The fraction of sp³-hybridized carbons (Fsp3) is 0.308. The standard InChI is InChI=1S/C26H28F2N4O3.2ClH/c1-16-9-19(18-6-4-5-17(11-18)14-29)12-20(10-16)35-25-22(28)13-21(27)24(30-25)32-8-7-31(2)15-23(32)26(33)34-3;;/h4-6,9-13,23H,7-8,14-15,29H2,1-3H3;2*1H. The summed E-state index contributed by atoms with van der Waals surface area (Å²) in [5.74, 6) is -2.53. The second kappa shape index (κ2) is 13.0. The number of rotatable bonds is 6. The Morgan fingerprint density at radius 3 is 2.54 bits per heavy atom. The van der Waals surface area contributed by atoms with E-state index in [1.165, 1.54) is 12.0 Å². The Morgan fingerprint density at radius 2 is 1.84 bits per heavy atom. The summed E-state index contributed by atoms with van der Waals surface area (Å²) in [5, 5.41) is 0. The number of likely N-dealkylation sites (N-methyl/N-ethyl adjacent to an activating group) is 1. The number of carbonyl (C=O) groups is 1. The number of hydrogen-bond acceptors (Lipinski definition) is 7. The number of anilines is 1. The number of nitrogens with two attached hydrogens (primary N) is 1. The molecular weight excluding hydrogens is 525 g/mol. The van der Waals surface area contributed by atoms with Gasteiger partial charge < -0.3 is 25.0 Å². The van der Waals surface area contributed by atoms with Gasteiger partial charge in [0.1, 0.15) is 11.8 Å². The van der Waals surface area contributed by atoms with Gasteiger partial charge in [0.15, 0.2) is 17.5 Å². The summed E-state index contributed by atoms with van der Waals surface area (Å²) < 4.78 is 40.3. The SMILES string of the molecule is COC(=O)C1CN(C)CCN1c1nc(Oc2cc(C)cc(-c3cccc(CN)c3)c2)c(F)cc1F.Cl.Cl. The van der Waals surface area contributed by atoms with Crippen LogP contribution in [0.5, 0.6) is 11.6 Å². The van der Waals surface area contributed by atoms with Crippen LogP contribution in [0.4, 0.5) is 14.6 Å². The smallest absolute Gasteiger partial charge is 0.329 e. The average molecular weight is 555 g/mol. The van der Waals surface area contributed by atoms with Crippen LogP contribution in [0.25, 0.3) is 11.1 Å². The van der Waals surface area contributed by atoms with E-state index in [2.05, 4.69) is 4.98 Å². The normalized spacial score (nSPS) is 15.4. The zero-order valence-corrected chi connectivity index (χ0v) is 22.4. The molecular formula is C26H30Cl2F2N4O3. The third-order valence-corrected chi connectivity index (χ3v) is 5.97. The lowest BCUT2D eigenvalue weighted by Gasteiger charge is -2.39. The highest BCUT2D eigenvalue weighted by atomic mass is 35.5. The molecule has 11 heteroatoms. The summed E-state index contributed by atoms with van der Waals surface area (Å²) in [5.41, 5.74) is 9.44. The molecule has 1 fully saturated rings. The first-order valence-electron chi connectivity index (χ1n) is 11.3. The summed E-state index contributed by atoms with van der Waals surface area (Å²) in [6, 6.07) is 13.2. The quantitative estimate of drug-likeness (QED) is 0.441. The molecule has 0 aliphatic carbocycles. The molecule has 1 saturated heterocycles. The summed E-state index contributed by atoms with van der Waals surface area (Å²) in [6.07, 6.45) is 0. The summed E-state index contributed by atoms with van der Waals surface area (Å²) in [4.78, 5) is 19.9. The maximum Gasteiger partial charge on any atom is 0.329 e. The number of hydrogen-bond donors (Lipinski definition) is 1. The van der Waals surface area contributed by atoms with Crippen LogP contribution in [0.3, 0.4) is 0 Å². The molecule has 2 N–H and O–H groups in total. The van der Waals surface area contributed by atoms with Gasteiger partial charge in [-0.05, 0) is 54.4 Å². The van der Waals surface area contributed by atoms with E-state index in [1.54, 1.807) is 12.1 Å². The first-order valence-corrected chi connectivity index (χ1v) is 11.3. The topological polar surface area (TPSA) is 80.9 Å². The van der Waals surface area contributed by atoms with Crippen LogP contribution >= 0.6 is 24.8 Å². The van der Waals surface area contributed by atoms with E-state index in [-0.39, 0.29) is 36.5 Å². The molecule has 4 rings (SSSR count). The van der Waals surface area contributed by atoms with Crippen LogP contribution in [-0.2, 0) is 16.1 Å². The lowest BCUT2D eigenvalue weighted by atomic mass is 10.0. The largest absolute Gasteiger partial charge is 0.467 e. The number of nitrogens with zero attached hydrogens (tertiary/aromatic N) is 3. The molecule has 0 radical (unpaired) electrons. The molecule has 1 aliphatic rings. The van der Waals surface area contributed by atoms with Gasteiger partial charge in [-0.25, -0.2) is 13.6 Å². The number of ether oxygens (including phenoxy) is 2. The van der Waals surface area contributed by atoms with Crippen molar-refractivity contribution in [3.63, 3.8) is 0 Å². The molecule has 7 nitrogen and oxygen atoms in total.